The van der Waals surface area contributed by atoms with E-state index in [0.29, 0.717) is 13.1 Å². The lowest BCUT2D eigenvalue weighted by Gasteiger charge is -2.17. The molecular formula is C28H27N3O2S2. The number of fused-ring (bicyclic) bond motifs is 1. The summed E-state index contributed by atoms with van der Waals surface area (Å²) in [5.74, 6) is 0.832. The third kappa shape index (κ3) is 5.11. The second-order valence-electron chi connectivity index (χ2n) is 8.32. The van der Waals surface area contributed by atoms with E-state index in [1.807, 2.05) is 60.5 Å². The molecule has 7 heteroatoms. The predicted molar refractivity (Wildman–Crippen MR) is 146 cm³/mol. The molecule has 2 aliphatic rings. The largest absolute Gasteiger partial charge is 0.497 e. The molecule has 0 saturated carbocycles. The zero-order chi connectivity index (χ0) is 24.2. The molecule has 0 spiro atoms. The molecule has 0 unspecified atom stereocenters. The van der Waals surface area contributed by atoms with Crippen molar-refractivity contribution in [3.63, 3.8) is 0 Å². The zero-order valence-electron chi connectivity index (χ0n) is 19.8. The molecule has 2 heterocycles. The van der Waals surface area contributed by atoms with Gasteiger partial charge in [-0.15, -0.1) is 0 Å². The minimum atomic E-state index is 0.0264. The van der Waals surface area contributed by atoms with Gasteiger partial charge in [0.25, 0.3) is 5.91 Å². The van der Waals surface area contributed by atoms with Gasteiger partial charge in [-0.25, -0.2) is 0 Å². The Morgan fingerprint density at radius 2 is 1.57 bits per heavy atom. The van der Waals surface area contributed by atoms with E-state index in [4.69, 9.17) is 9.73 Å². The smallest absolute Gasteiger partial charge is 0.269 e. The first-order valence-corrected chi connectivity index (χ1v) is 13.2. The lowest BCUT2D eigenvalue weighted by atomic mass is 10.1. The SMILES string of the molecule is COc1ccc2c(c1)N(C)/C(=C1/SC(=NCCc3ccccc3)N(CCc3ccccc3)C1=O)S2. The highest BCUT2D eigenvalue weighted by atomic mass is 32.2. The van der Waals surface area contributed by atoms with Gasteiger partial charge in [-0.2, -0.15) is 0 Å². The molecule has 0 aromatic heterocycles. The van der Waals surface area contributed by atoms with Gasteiger partial charge in [0.05, 0.1) is 17.8 Å². The van der Waals surface area contributed by atoms with Crippen molar-refractivity contribution in [2.75, 3.05) is 32.1 Å². The van der Waals surface area contributed by atoms with E-state index in [2.05, 4.69) is 35.2 Å². The van der Waals surface area contributed by atoms with Crippen LogP contribution in [0.15, 0.2) is 98.7 Å². The fraction of sp³-hybridized carbons (Fsp3) is 0.214. The molecule has 178 valence electrons. The van der Waals surface area contributed by atoms with Crippen LogP contribution in [-0.2, 0) is 17.6 Å². The van der Waals surface area contributed by atoms with Gasteiger partial charge in [0.2, 0.25) is 0 Å². The van der Waals surface area contributed by atoms with E-state index in [-0.39, 0.29) is 5.91 Å². The molecule has 1 saturated heterocycles. The highest BCUT2D eigenvalue weighted by Crippen LogP contribution is 2.50. The lowest BCUT2D eigenvalue weighted by molar-refractivity contribution is -0.122. The summed E-state index contributed by atoms with van der Waals surface area (Å²) < 4.78 is 5.41. The van der Waals surface area contributed by atoms with E-state index >= 15 is 0 Å². The zero-order valence-corrected chi connectivity index (χ0v) is 21.4. The second kappa shape index (κ2) is 10.6. The van der Waals surface area contributed by atoms with Crippen LogP contribution in [0.3, 0.4) is 0 Å². The van der Waals surface area contributed by atoms with Gasteiger partial charge >= 0.3 is 0 Å². The Balaban J connectivity index is 1.41. The van der Waals surface area contributed by atoms with Gasteiger partial charge in [-0.05, 0) is 47.9 Å². The first-order valence-electron chi connectivity index (χ1n) is 11.6. The maximum Gasteiger partial charge on any atom is 0.269 e. The first-order chi connectivity index (χ1) is 17.1. The van der Waals surface area contributed by atoms with Crippen LogP contribution in [0.25, 0.3) is 0 Å². The van der Waals surface area contributed by atoms with Crippen LogP contribution in [0.5, 0.6) is 5.75 Å². The quantitative estimate of drug-likeness (QED) is 0.382. The minimum absolute atomic E-state index is 0.0264. The number of carbonyl (C=O) groups is 1. The number of rotatable bonds is 7. The normalized spacial score (nSPS) is 18.5. The van der Waals surface area contributed by atoms with Crippen molar-refractivity contribution in [3.05, 3.63) is 99.9 Å². The van der Waals surface area contributed by atoms with Crippen molar-refractivity contribution in [2.24, 2.45) is 4.99 Å². The summed E-state index contributed by atoms with van der Waals surface area (Å²) >= 11 is 3.12. The van der Waals surface area contributed by atoms with Crippen molar-refractivity contribution in [2.45, 2.75) is 17.7 Å². The van der Waals surface area contributed by atoms with Crippen LogP contribution in [-0.4, -0.2) is 43.2 Å². The number of amidine groups is 1. The number of hydrogen-bond acceptors (Lipinski definition) is 6. The van der Waals surface area contributed by atoms with E-state index in [1.165, 1.54) is 22.9 Å². The van der Waals surface area contributed by atoms with Crippen LogP contribution in [0, 0.1) is 0 Å². The Morgan fingerprint density at radius 3 is 2.26 bits per heavy atom. The fourth-order valence-electron chi connectivity index (χ4n) is 4.11. The van der Waals surface area contributed by atoms with Crippen LogP contribution in [0.4, 0.5) is 5.69 Å². The molecular weight excluding hydrogens is 474 g/mol. The maximum atomic E-state index is 13.7. The number of methoxy groups -OCH3 is 1. The van der Waals surface area contributed by atoms with Crippen molar-refractivity contribution in [1.29, 1.82) is 0 Å². The molecule has 5 rings (SSSR count). The molecule has 3 aromatic carbocycles. The van der Waals surface area contributed by atoms with Crippen LogP contribution in [0.1, 0.15) is 11.1 Å². The number of ether oxygens (including phenoxy) is 1. The monoisotopic (exact) mass is 501 g/mol. The van der Waals surface area contributed by atoms with Crippen LogP contribution in [0.2, 0.25) is 0 Å². The number of benzene rings is 3. The first kappa shape index (κ1) is 23.6. The van der Waals surface area contributed by atoms with E-state index < -0.39 is 0 Å². The number of anilines is 1. The summed E-state index contributed by atoms with van der Waals surface area (Å²) in [6.45, 7) is 1.25. The van der Waals surface area contributed by atoms with Gasteiger partial charge in [0.1, 0.15) is 10.7 Å². The second-order valence-corrected chi connectivity index (χ2v) is 10.3. The number of aliphatic imine (C=N–C) groups is 1. The number of carbonyl (C=O) groups excluding carboxylic acids is 1. The molecule has 0 N–H and O–H groups in total. The lowest BCUT2D eigenvalue weighted by Crippen LogP contribution is -2.32. The Hall–Kier alpha value is -3.16. The van der Waals surface area contributed by atoms with Gasteiger partial charge in [0, 0.05) is 31.1 Å². The predicted octanol–water partition coefficient (Wildman–Crippen LogP) is 5.82. The van der Waals surface area contributed by atoms with E-state index in [1.54, 1.807) is 18.9 Å². The molecule has 2 aliphatic heterocycles. The summed E-state index contributed by atoms with van der Waals surface area (Å²) in [4.78, 5) is 24.4. The average Bonchev–Trinajstić information content (AvgIpc) is 3.39. The summed E-state index contributed by atoms with van der Waals surface area (Å²) in [7, 11) is 3.68. The summed E-state index contributed by atoms with van der Waals surface area (Å²) in [6, 6.07) is 26.7. The minimum Gasteiger partial charge on any atom is -0.497 e. The van der Waals surface area contributed by atoms with Crippen molar-refractivity contribution >= 4 is 40.3 Å². The van der Waals surface area contributed by atoms with Crippen molar-refractivity contribution in [3.8, 4) is 5.75 Å². The van der Waals surface area contributed by atoms with Gasteiger partial charge in [0.15, 0.2) is 5.17 Å². The molecule has 3 aromatic rings. The Morgan fingerprint density at radius 1 is 0.886 bits per heavy atom. The third-order valence-corrected chi connectivity index (χ3v) is 8.52. The van der Waals surface area contributed by atoms with Crippen molar-refractivity contribution < 1.29 is 9.53 Å². The molecule has 5 nitrogen and oxygen atoms in total. The molecule has 1 amide bonds. The Bertz CT molecular complexity index is 1280. The molecule has 0 bridgehead atoms. The van der Waals surface area contributed by atoms with Gasteiger partial charge in [-0.3, -0.25) is 14.7 Å². The maximum absolute atomic E-state index is 13.7. The number of thioether (sulfide) groups is 2. The Kier molecular flexibility index (Phi) is 7.16. The highest BCUT2D eigenvalue weighted by Gasteiger charge is 2.38. The van der Waals surface area contributed by atoms with E-state index in [0.717, 1.165) is 44.3 Å². The van der Waals surface area contributed by atoms with Gasteiger partial charge < -0.3 is 9.64 Å². The number of hydrogen-bond donors (Lipinski definition) is 0. The van der Waals surface area contributed by atoms with Crippen LogP contribution >= 0.6 is 23.5 Å². The number of nitrogens with zero attached hydrogens (tertiary/aromatic N) is 3. The fourth-order valence-corrected chi connectivity index (χ4v) is 6.47. The van der Waals surface area contributed by atoms with Crippen molar-refractivity contribution in [1.82, 2.24) is 4.90 Å². The Labute approximate surface area is 214 Å². The molecule has 0 aliphatic carbocycles. The topological polar surface area (TPSA) is 45.1 Å². The number of amides is 1. The molecule has 35 heavy (non-hydrogen) atoms. The molecule has 0 radical (unpaired) electrons. The molecule has 1 fully saturated rings. The highest BCUT2D eigenvalue weighted by molar-refractivity contribution is 8.19. The summed E-state index contributed by atoms with van der Waals surface area (Å²) in [6.07, 6.45) is 1.63. The molecule has 0 atom stereocenters. The van der Waals surface area contributed by atoms with Crippen LogP contribution < -0.4 is 9.64 Å². The standard InChI is InChI=1S/C28H27N3O2S2/c1-30-23-19-22(33-2)13-14-24(23)34-27(30)25-26(32)31(18-16-21-11-7-4-8-12-21)28(35-25)29-17-15-20-9-5-3-6-10-20/h3-14,19H,15-18H2,1-2H3/b27-25-,29-28?. The summed E-state index contributed by atoms with van der Waals surface area (Å²) in [5.41, 5.74) is 3.51. The van der Waals surface area contributed by atoms with Gasteiger partial charge in [-0.1, -0.05) is 72.4 Å². The third-order valence-electron chi connectivity index (χ3n) is 6.05. The average molecular weight is 502 g/mol. The van der Waals surface area contributed by atoms with E-state index in [9.17, 15) is 4.79 Å². The summed E-state index contributed by atoms with van der Waals surface area (Å²) in [5, 5.41) is 1.73.